The molecule has 0 heterocycles. The van der Waals surface area contributed by atoms with Crippen molar-refractivity contribution in [3.63, 3.8) is 0 Å². The molecule has 0 rings (SSSR count). The van der Waals surface area contributed by atoms with Crippen molar-refractivity contribution in [2.75, 3.05) is 33.4 Å². The van der Waals surface area contributed by atoms with Gasteiger partial charge in [0.05, 0.1) is 12.7 Å². The maximum atomic E-state index is 9.60. The fraction of sp³-hybridized carbons (Fsp3) is 1.00. The highest BCUT2D eigenvalue weighted by Gasteiger charge is 2.30. The summed E-state index contributed by atoms with van der Waals surface area (Å²) < 4.78 is 0. The third kappa shape index (κ3) is 6.27. The van der Waals surface area contributed by atoms with E-state index in [0.29, 0.717) is 13.0 Å². The molecule has 104 valence electrons. The first-order chi connectivity index (χ1) is 7.93. The number of rotatable bonds is 9. The molecule has 0 saturated carbocycles. The lowest BCUT2D eigenvalue weighted by Gasteiger charge is -2.28. The molecule has 7 nitrogen and oxygen atoms in total. The number of aliphatic hydroxyl groups is 6. The van der Waals surface area contributed by atoms with Gasteiger partial charge in [-0.25, -0.2) is 0 Å². The highest BCUT2D eigenvalue weighted by molar-refractivity contribution is 4.81. The Morgan fingerprint density at radius 2 is 1.47 bits per heavy atom. The van der Waals surface area contributed by atoms with Crippen LogP contribution in [-0.4, -0.2) is 93.3 Å². The van der Waals surface area contributed by atoms with E-state index in [1.807, 2.05) is 0 Å². The normalized spacial score (nSPS) is 19.1. The van der Waals surface area contributed by atoms with Gasteiger partial charge in [-0.1, -0.05) is 0 Å². The molecule has 0 bridgehead atoms. The van der Waals surface area contributed by atoms with E-state index in [2.05, 4.69) is 0 Å². The molecule has 4 atom stereocenters. The van der Waals surface area contributed by atoms with Crippen LogP contribution < -0.4 is 0 Å². The molecule has 0 aromatic rings. The molecular weight excluding hydrogens is 230 g/mol. The number of hydrogen-bond donors (Lipinski definition) is 6. The second-order valence-corrected chi connectivity index (χ2v) is 4.14. The van der Waals surface area contributed by atoms with Crippen LogP contribution >= 0.6 is 0 Å². The van der Waals surface area contributed by atoms with E-state index in [9.17, 15) is 15.3 Å². The summed E-state index contributed by atoms with van der Waals surface area (Å²) in [5, 5.41) is 54.8. The van der Waals surface area contributed by atoms with E-state index in [-0.39, 0.29) is 13.2 Å². The standard InChI is InChI=1S/C10H23NO6/c1-11(3-2-4-12)5-7(14)9(16)10(17)8(15)6-13/h7-10,12-17H,2-6H2,1H3/t7-,8+,9+,10+/m0/s1. The maximum absolute atomic E-state index is 9.60. The van der Waals surface area contributed by atoms with Crippen LogP contribution in [0.1, 0.15) is 6.42 Å². The first kappa shape index (κ1) is 16.7. The van der Waals surface area contributed by atoms with Crippen molar-refractivity contribution in [2.45, 2.75) is 30.8 Å². The Hall–Kier alpha value is -0.280. The molecule has 0 saturated heterocycles. The largest absolute Gasteiger partial charge is 0.396 e. The first-order valence-electron chi connectivity index (χ1n) is 5.56. The lowest BCUT2D eigenvalue weighted by Crippen LogP contribution is -2.49. The van der Waals surface area contributed by atoms with Gasteiger partial charge in [0.1, 0.15) is 18.3 Å². The summed E-state index contributed by atoms with van der Waals surface area (Å²) in [7, 11) is 1.69. The number of hydrogen-bond acceptors (Lipinski definition) is 7. The van der Waals surface area contributed by atoms with Gasteiger partial charge in [-0.15, -0.1) is 0 Å². The van der Waals surface area contributed by atoms with E-state index < -0.39 is 31.0 Å². The van der Waals surface area contributed by atoms with Gasteiger partial charge in [0.15, 0.2) is 0 Å². The number of nitrogens with zero attached hydrogens (tertiary/aromatic N) is 1. The third-order valence-corrected chi connectivity index (χ3v) is 2.52. The van der Waals surface area contributed by atoms with E-state index in [0.717, 1.165) is 0 Å². The average molecular weight is 253 g/mol. The van der Waals surface area contributed by atoms with Gasteiger partial charge >= 0.3 is 0 Å². The molecule has 17 heavy (non-hydrogen) atoms. The van der Waals surface area contributed by atoms with Crippen molar-refractivity contribution in [3.05, 3.63) is 0 Å². The van der Waals surface area contributed by atoms with Crippen LogP contribution in [-0.2, 0) is 0 Å². The Labute approximate surface area is 101 Å². The van der Waals surface area contributed by atoms with Gasteiger partial charge in [0.25, 0.3) is 0 Å². The van der Waals surface area contributed by atoms with Crippen molar-refractivity contribution in [3.8, 4) is 0 Å². The van der Waals surface area contributed by atoms with Gasteiger partial charge in [-0.05, 0) is 13.5 Å². The van der Waals surface area contributed by atoms with Crippen molar-refractivity contribution in [1.29, 1.82) is 0 Å². The molecule has 0 amide bonds. The van der Waals surface area contributed by atoms with Crippen molar-refractivity contribution >= 4 is 0 Å². The SMILES string of the molecule is CN(CCCO)C[C@H](O)[C@@H](O)[C@H](O)[C@H](O)CO. The Morgan fingerprint density at radius 1 is 0.941 bits per heavy atom. The average Bonchev–Trinajstić information content (AvgIpc) is 2.33. The smallest absolute Gasteiger partial charge is 0.111 e. The minimum Gasteiger partial charge on any atom is -0.396 e. The van der Waals surface area contributed by atoms with Crippen LogP contribution in [0.4, 0.5) is 0 Å². The summed E-state index contributed by atoms with van der Waals surface area (Å²) in [5.74, 6) is 0. The summed E-state index contributed by atoms with van der Waals surface area (Å²) in [4.78, 5) is 1.68. The van der Waals surface area contributed by atoms with Crippen LogP contribution in [0.15, 0.2) is 0 Å². The molecule has 7 heteroatoms. The Morgan fingerprint density at radius 3 is 1.94 bits per heavy atom. The number of likely N-dealkylation sites (N-methyl/N-ethyl adjacent to an activating group) is 1. The summed E-state index contributed by atoms with van der Waals surface area (Å²) in [6.07, 6.45) is -5.31. The van der Waals surface area contributed by atoms with E-state index in [4.69, 9.17) is 15.3 Å². The van der Waals surface area contributed by atoms with E-state index in [1.165, 1.54) is 0 Å². The molecule has 0 radical (unpaired) electrons. The molecule has 6 N–H and O–H groups in total. The van der Waals surface area contributed by atoms with Crippen LogP contribution in [0.25, 0.3) is 0 Å². The predicted molar refractivity (Wildman–Crippen MR) is 60.3 cm³/mol. The van der Waals surface area contributed by atoms with Gasteiger partial charge < -0.3 is 35.5 Å². The minimum atomic E-state index is -1.60. The lowest BCUT2D eigenvalue weighted by molar-refractivity contribution is -0.118. The van der Waals surface area contributed by atoms with Crippen LogP contribution in [0.3, 0.4) is 0 Å². The van der Waals surface area contributed by atoms with Crippen molar-refractivity contribution < 1.29 is 30.6 Å². The van der Waals surface area contributed by atoms with Gasteiger partial charge in [-0.3, -0.25) is 0 Å². The fourth-order valence-corrected chi connectivity index (χ4v) is 1.42. The molecule has 0 aromatic heterocycles. The van der Waals surface area contributed by atoms with E-state index >= 15 is 0 Å². The van der Waals surface area contributed by atoms with Crippen LogP contribution in [0.5, 0.6) is 0 Å². The zero-order valence-corrected chi connectivity index (χ0v) is 9.98. The zero-order valence-electron chi connectivity index (χ0n) is 9.98. The molecular formula is C10H23NO6. The molecule has 0 aromatic carbocycles. The third-order valence-electron chi connectivity index (χ3n) is 2.52. The van der Waals surface area contributed by atoms with Crippen LogP contribution in [0.2, 0.25) is 0 Å². The van der Waals surface area contributed by atoms with E-state index in [1.54, 1.807) is 11.9 Å². The summed E-state index contributed by atoms with van der Waals surface area (Å²) >= 11 is 0. The minimum absolute atomic E-state index is 0.0365. The summed E-state index contributed by atoms with van der Waals surface area (Å²) in [6, 6.07) is 0. The quantitative estimate of drug-likeness (QED) is 0.255. The molecule has 0 aliphatic rings. The molecule has 0 spiro atoms. The Kier molecular flexibility index (Phi) is 8.61. The molecule has 0 aliphatic carbocycles. The Balaban J connectivity index is 4.07. The van der Waals surface area contributed by atoms with Crippen LogP contribution in [0, 0.1) is 0 Å². The topological polar surface area (TPSA) is 125 Å². The second-order valence-electron chi connectivity index (χ2n) is 4.14. The summed E-state index contributed by atoms with van der Waals surface area (Å²) in [5.41, 5.74) is 0. The van der Waals surface area contributed by atoms with Gasteiger partial charge in [0.2, 0.25) is 0 Å². The monoisotopic (exact) mass is 253 g/mol. The highest BCUT2D eigenvalue weighted by atomic mass is 16.4. The predicted octanol–water partition coefficient (Wildman–Crippen LogP) is -3.26. The maximum Gasteiger partial charge on any atom is 0.111 e. The highest BCUT2D eigenvalue weighted by Crippen LogP contribution is 2.06. The zero-order chi connectivity index (χ0) is 13.4. The lowest BCUT2D eigenvalue weighted by atomic mass is 10.0. The summed E-state index contributed by atoms with van der Waals surface area (Å²) in [6.45, 7) is -0.0184. The molecule has 0 aliphatic heterocycles. The second kappa shape index (κ2) is 8.76. The first-order valence-corrected chi connectivity index (χ1v) is 5.56. The van der Waals surface area contributed by atoms with Gasteiger partial charge in [0, 0.05) is 19.7 Å². The van der Waals surface area contributed by atoms with Crippen molar-refractivity contribution in [2.24, 2.45) is 0 Å². The van der Waals surface area contributed by atoms with Gasteiger partial charge in [-0.2, -0.15) is 0 Å². The number of aliphatic hydroxyl groups excluding tert-OH is 6. The van der Waals surface area contributed by atoms with Crippen molar-refractivity contribution in [1.82, 2.24) is 4.90 Å². The molecule has 0 fully saturated rings. The molecule has 0 unspecified atom stereocenters. The Bertz CT molecular complexity index is 194. The fourth-order valence-electron chi connectivity index (χ4n) is 1.42.